The molecule has 0 saturated heterocycles. The van der Waals surface area contributed by atoms with E-state index in [4.69, 9.17) is 0 Å². The number of rotatable bonds is 2. The van der Waals surface area contributed by atoms with E-state index in [9.17, 15) is 14.7 Å². The van der Waals surface area contributed by atoms with Crippen LogP contribution in [0.25, 0.3) is 0 Å². The molecule has 0 unspecified atom stereocenters. The largest absolute Gasteiger partial charge is 0.386 e. The van der Waals surface area contributed by atoms with Crippen LogP contribution in [0.3, 0.4) is 0 Å². The van der Waals surface area contributed by atoms with Crippen molar-refractivity contribution in [3.8, 4) is 0 Å². The Kier molecular flexibility index (Phi) is 3.25. The summed E-state index contributed by atoms with van der Waals surface area (Å²) in [6.07, 6.45) is 13.2. The highest BCUT2D eigenvalue weighted by Crippen LogP contribution is 2.77. The van der Waals surface area contributed by atoms with Crippen molar-refractivity contribution in [2.75, 3.05) is 0 Å². The molecule has 0 amide bonds. The zero-order valence-corrected chi connectivity index (χ0v) is 15.8. The molecule has 0 spiro atoms. The normalized spacial score (nSPS) is 44.3. The first kappa shape index (κ1) is 16.7. The van der Waals surface area contributed by atoms with E-state index >= 15 is 0 Å². The number of carbonyl (C=O) groups is 2. The van der Waals surface area contributed by atoms with Gasteiger partial charge in [0.1, 0.15) is 6.10 Å². The number of ketones is 2. The van der Waals surface area contributed by atoms with Gasteiger partial charge in [0.05, 0.1) is 5.41 Å². The minimum absolute atomic E-state index is 0.0198. The molecule has 2 fully saturated rings. The smallest absolute Gasteiger partial charge is 0.171 e. The molecule has 2 bridgehead atoms. The van der Waals surface area contributed by atoms with Crippen LogP contribution in [0.2, 0.25) is 0 Å². The summed E-state index contributed by atoms with van der Waals surface area (Å²) in [5.41, 5.74) is 3.85. The van der Waals surface area contributed by atoms with Crippen LogP contribution >= 0.6 is 0 Å². The van der Waals surface area contributed by atoms with Crippen LogP contribution in [0.5, 0.6) is 0 Å². The monoisotopic (exact) mass is 354 g/mol. The summed E-state index contributed by atoms with van der Waals surface area (Å²) in [4.78, 5) is 24.9. The molecule has 5 aliphatic rings. The quantitative estimate of drug-likeness (QED) is 0.761. The molecule has 0 heterocycles. The molecule has 26 heavy (non-hydrogen) atoms. The van der Waals surface area contributed by atoms with Crippen LogP contribution in [-0.4, -0.2) is 22.8 Å². The van der Waals surface area contributed by atoms with Crippen molar-refractivity contribution in [3.05, 3.63) is 34.9 Å². The van der Waals surface area contributed by atoms with Gasteiger partial charge in [-0.3, -0.25) is 9.59 Å². The van der Waals surface area contributed by atoms with Gasteiger partial charge in [0.15, 0.2) is 11.6 Å². The van der Waals surface area contributed by atoms with Crippen molar-refractivity contribution in [1.29, 1.82) is 0 Å². The first-order valence-corrected chi connectivity index (χ1v) is 10.2. The molecule has 5 rings (SSSR count). The van der Waals surface area contributed by atoms with Gasteiger partial charge in [-0.05, 0) is 80.4 Å². The number of Topliss-reactive ketones (excluding diaryl/α,β-unsaturated/α-hetero) is 1. The Hall–Kier alpha value is -1.48. The Morgan fingerprint density at radius 2 is 2.00 bits per heavy atom. The van der Waals surface area contributed by atoms with E-state index in [1.165, 1.54) is 11.1 Å². The number of carbonyl (C=O) groups excluding carboxylic acids is 2. The SMILES string of the molecule is C[C@]12CCC3=C4CCC(=O)C=C4CC[C@H]3[C@]13C=C[C@@]2(C(=O)[C@@H]([14CH3])O)CC3. The molecule has 0 aromatic heterocycles. The predicted octanol–water partition coefficient (Wildman–Crippen LogP) is 4.07. The van der Waals surface area contributed by atoms with Crippen LogP contribution in [-0.2, 0) is 9.59 Å². The molecule has 0 aliphatic heterocycles. The van der Waals surface area contributed by atoms with E-state index < -0.39 is 11.5 Å². The molecule has 0 radical (unpaired) electrons. The van der Waals surface area contributed by atoms with Crippen LogP contribution in [0.4, 0.5) is 0 Å². The fourth-order valence-electron chi connectivity index (χ4n) is 7.49. The molecule has 5 aliphatic carbocycles. The molecule has 138 valence electrons. The molecular weight excluding hydrogens is 326 g/mol. The molecule has 5 atom stereocenters. The molecule has 3 heteroatoms. The van der Waals surface area contributed by atoms with E-state index in [-0.39, 0.29) is 22.4 Å². The lowest BCUT2D eigenvalue weighted by atomic mass is 9.47. The topological polar surface area (TPSA) is 54.4 Å². The average Bonchev–Trinajstić information content (AvgIpc) is 3.05. The van der Waals surface area contributed by atoms with Gasteiger partial charge in [-0.1, -0.05) is 24.6 Å². The third kappa shape index (κ3) is 1.69. The van der Waals surface area contributed by atoms with Crippen molar-refractivity contribution in [3.63, 3.8) is 0 Å². The van der Waals surface area contributed by atoms with Crippen molar-refractivity contribution in [2.45, 2.75) is 71.3 Å². The van der Waals surface area contributed by atoms with Gasteiger partial charge >= 0.3 is 0 Å². The molecule has 2 saturated carbocycles. The van der Waals surface area contributed by atoms with Gasteiger partial charge in [0.25, 0.3) is 0 Å². The Bertz CT molecular complexity index is 813. The Labute approximate surface area is 155 Å². The number of aliphatic hydroxyl groups is 1. The Morgan fingerprint density at radius 1 is 1.19 bits per heavy atom. The summed E-state index contributed by atoms with van der Waals surface area (Å²) >= 11 is 0. The maximum Gasteiger partial charge on any atom is 0.171 e. The van der Waals surface area contributed by atoms with E-state index in [1.807, 2.05) is 6.08 Å². The third-order valence-electron chi connectivity index (χ3n) is 8.80. The van der Waals surface area contributed by atoms with Gasteiger partial charge in [-0.15, -0.1) is 0 Å². The minimum Gasteiger partial charge on any atom is -0.386 e. The van der Waals surface area contributed by atoms with Gasteiger partial charge in [0, 0.05) is 11.8 Å². The molecule has 0 aromatic rings. The summed E-state index contributed by atoms with van der Waals surface area (Å²) in [7, 11) is 0. The first-order valence-electron chi connectivity index (χ1n) is 10.2. The highest BCUT2D eigenvalue weighted by molar-refractivity contribution is 5.94. The fourth-order valence-corrected chi connectivity index (χ4v) is 7.49. The molecular formula is C23H28O3. The van der Waals surface area contributed by atoms with Crippen molar-refractivity contribution < 1.29 is 14.7 Å². The third-order valence-corrected chi connectivity index (χ3v) is 8.80. The van der Waals surface area contributed by atoms with Crippen LogP contribution in [0.1, 0.15) is 65.2 Å². The number of hydrogen-bond donors (Lipinski definition) is 1. The molecule has 1 N–H and O–H groups in total. The number of aliphatic hydroxyl groups excluding tert-OH is 1. The summed E-state index contributed by atoms with van der Waals surface area (Å²) in [5.74, 6) is 0.806. The highest BCUT2D eigenvalue weighted by Gasteiger charge is 2.72. The molecule has 0 aromatic carbocycles. The van der Waals surface area contributed by atoms with E-state index in [1.54, 1.807) is 12.5 Å². The van der Waals surface area contributed by atoms with Crippen molar-refractivity contribution in [1.82, 2.24) is 0 Å². The van der Waals surface area contributed by atoms with E-state index in [0.29, 0.717) is 12.3 Å². The van der Waals surface area contributed by atoms with Crippen molar-refractivity contribution in [2.24, 2.45) is 22.2 Å². The first-order chi connectivity index (χ1) is 12.3. The second-order valence-electron chi connectivity index (χ2n) is 9.45. The van der Waals surface area contributed by atoms with Gasteiger partial charge in [-0.25, -0.2) is 0 Å². The average molecular weight is 354 g/mol. The summed E-state index contributed by atoms with van der Waals surface area (Å²) < 4.78 is 0. The Morgan fingerprint density at radius 3 is 2.69 bits per heavy atom. The standard InChI is InChI=1S/C23H28O3/c1-14(24)20(26)23-11-9-22(10-12-23)19-6-3-15-13-16(25)4-5-17(15)18(19)7-8-21(22,23)2/h9,11,13-14,19,24H,3-8,10,12H2,1-2H3/t14-,19-,21+,22-,23+/m1/s1/i1+2. The number of hydrogen-bond acceptors (Lipinski definition) is 3. The van der Waals surface area contributed by atoms with E-state index in [0.717, 1.165) is 44.9 Å². The molecule has 3 nitrogen and oxygen atoms in total. The predicted molar refractivity (Wildman–Crippen MR) is 99.3 cm³/mol. The maximum absolute atomic E-state index is 13.0. The van der Waals surface area contributed by atoms with Crippen LogP contribution < -0.4 is 0 Å². The Balaban J connectivity index is 1.62. The summed E-state index contributed by atoms with van der Waals surface area (Å²) in [6.45, 7) is 3.94. The second-order valence-corrected chi connectivity index (χ2v) is 9.45. The summed E-state index contributed by atoms with van der Waals surface area (Å²) in [5, 5.41) is 10.1. The fraction of sp³-hybridized carbons (Fsp3) is 0.652. The van der Waals surface area contributed by atoms with E-state index in [2.05, 4.69) is 19.1 Å². The lowest BCUT2D eigenvalue weighted by Gasteiger charge is -2.55. The minimum atomic E-state index is -0.893. The number of fused-ring (bicyclic) bond motifs is 2. The van der Waals surface area contributed by atoms with Gasteiger partial charge < -0.3 is 5.11 Å². The van der Waals surface area contributed by atoms with Gasteiger partial charge in [-0.2, -0.15) is 0 Å². The zero-order valence-electron chi connectivity index (χ0n) is 15.8. The summed E-state index contributed by atoms with van der Waals surface area (Å²) in [6, 6.07) is 0. The second kappa shape index (κ2) is 5.07. The lowest BCUT2D eigenvalue weighted by molar-refractivity contribution is -0.141. The van der Waals surface area contributed by atoms with Crippen LogP contribution in [0, 0.1) is 22.2 Å². The van der Waals surface area contributed by atoms with Crippen LogP contribution in [0.15, 0.2) is 34.9 Å². The van der Waals surface area contributed by atoms with Crippen molar-refractivity contribution >= 4 is 11.6 Å². The number of allylic oxidation sites excluding steroid dienone is 6. The highest BCUT2D eigenvalue weighted by atomic mass is 16.3. The zero-order chi connectivity index (χ0) is 18.3. The lowest BCUT2D eigenvalue weighted by Crippen LogP contribution is -2.52. The maximum atomic E-state index is 13.0. The van der Waals surface area contributed by atoms with Gasteiger partial charge in [0.2, 0.25) is 0 Å².